The third-order valence-electron chi connectivity index (χ3n) is 11.2. The van der Waals surface area contributed by atoms with E-state index in [1.54, 1.807) is 0 Å². The second-order valence-corrected chi connectivity index (χ2v) is 20.2. The predicted molar refractivity (Wildman–Crippen MR) is 231 cm³/mol. The van der Waals surface area contributed by atoms with Gasteiger partial charge >= 0.3 is 0 Å². The fourth-order valence-electron chi connectivity index (χ4n) is 7.96. The summed E-state index contributed by atoms with van der Waals surface area (Å²) in [5.41, 5.74) is -0.226. The van der Waals surface area contributed by atoms with Crippen molar-refractivity contribution in [2.45, 2.75) is 103 Å². The second kappa shape index (κ2) is 16.2. The van der Waals surface area contributed by atoms with Crippen LogP contribution in [0.3, 0.4) is 0 Å². The van der Waals surface area contributed by atoms with E-state index < -0.39 is 25.5 Å². The lowest BCUT2D eigenvalue weighted by atomic mass is 9.75. The molecule has 4 aromatic carbocycles. The lowest BCUT2D eigenvalue weighted by molar-refractivity contribution is 0.00639. The standard InChI is InChI=1S/2C22H32BOP/c2*1-17(2)18-14-15-22(3,24)21(16-18)25(23,19-10-6-4-7-11-19)20-12-8-5-9-13-20/h2*4-13,17-18,21,24H,14-16H2,1-3,23H3/t2*18-,21+,22+/m00/s1. The molecule has 0 heterocycles. The van der Waals surface area contributed by atoms with E-state index in [9.17, 15) is 10.2 Å². The van der Waals surface area contributed by atoms with Gasteiger partial charge in [-0.2, -0.15) is 0 Å². The van der Waals surface area contributed by atoms with E-state index in [0.717, 1.165) is 24.7 Å². The predicted octanol–water partition coefficient (Wildman–Crippen LogP) is 7.02. The van der Waals surface area contributed by atoms with Crippen molar-refractivity contribution in [2.24, 2.45) is 23.7 Å². The van der Waals surface area contributed by atoms with Crippen LogP contribution in [0.5, 0.6) is 0 Å². The molecule has 6 rings (SSSR count). The fraction of sp³-hybridized carbons (Fsp3) is 0.455. The molecule has 0 radical (unpaired) electrons. The van der Waals surface area contributed by atoms with Crippen LogP contribution in [0.1, 0.15) is 80.1 Å². The van der Waals surface area contributed by atoms with Crippen LogP contribution < -0.4 is 21.2 Å². The van der Waals surface area contributed by atoms with Gasteiger partial charge in [0.25, 0.3) is 0 Å². The SMILES string of the molecule is [BH3-][P+](c1ccccc1)(c1ccccc1)[C@@H]1C[C@@H](C(C)C)CC[C@@]1(C)O.[BH3-][P+](c1ccccc1)(c1ccccc1)[C@@H]1C[C@@H](C(C)C)CC[C@@]1(C)O. The summed E-state index contributed by atoms with van der Waals surface area (Å²) in [4.78, 5) is 0. The molecule has 2 aliphatic rings. The van der Waals surface area contributed by atoms with Crippen molar-refractivity contribution in [3.8, 4) is 0 Å². The fourth-order valence-corrected chi connectivity index (χ4v) is 14.3. The molecule has 2 N–H and O–H groups in total. The number of benzene rings is 4. The third-order valence-corrected chi connectivity index (χ3v) is 17.4. The van der Waals surface area contributed by atoms with Gasteiger partial charge < -0.3 is 10.2 Å². The van der Waals surface area contributed by atoms with E-state index in [1.807, 2.05) is 0 Å². The summed E-state index contributed by atoms with van der Waals surface area (Å²) < 4.78 is 0. The first-order valence-electron chi connectivity index (χ1n) is 18.2. The Morgan fingerprint density at radius 1 is 0.500 bits per heavy atom. The van der Waals surface area contributed by atoms with Crippen molar-refractivity contribution in [1.82, 2.24) is 0 Å². The Morgan fingerprint density at radius 3 is 0.960 bits per heavy atom. The normalized spacial score (nSPS) is 27.4. The van der Waals surface area contributed by atoms with Crippen molar-refractivity contribution < 1.29 is 10.2 Å². The molecule has 0 aromatic heterocycles. The summed E-state index contributed by atoms with van der Waals surface area (Å²) in [5.74, 6) is 2.91. The molecule has 0 unspecified atom stereocenters. The van der Waals surface area contributed by atoms with Crippen molar-refractivity contribution in [3.05, 3.63) is 121 Å². The topological polar surface area (TPSA) is 40.5 Å². The molecule has 0 aliphatic heterocycles. The monoisotopic (exact) mass is 708 g/mol. The molecule has 50 heavy (non-hydrogen) atoms. The first kappa shape index (κ1) is 39.0. The van der Waals surface area contributed by atoms with Crippen LogP contribution in [0, 0.1) is 23.7 Å². The minimum atomic E-state index is -1.45. The Bertz CT molecular complexity index is 1410. The van der Waals surface area contributed by atoms with Crippen molar-refractivity contribution in [2.75, 3.05) is 0 Å². The highest BCUT2D eigenvalue weighted by molar-refractivity contribution is 8.09. The number of hydrogen-bond acceptors (Lipinski definition) is 2. The van der Waals surface area contributed by atoms with Crippen LogP contribution in [-0.4, -0.2) is 47.9 Å². The van der Waals surface area contributed by atoms with Crippen molar-refractivity contribution in [3.63, 3.8) is 0 Å². The van der Waals surface area contributed by atoms with Gasteiger partial charge in [0.05, 0.1) is 43.7 Å². The molecule has 2 fully saturated rings. The molecule has 4 aromatic rings. The van der Waals surface area contributed by atoms with Gasteiger partial charge in [0.1, 0.15) is 15.1 Å². The molecular weight excluding hydrogens is 644 g/mol. The Hall–Kier alpha value is -2.21. The van der Waals surface area contributed by atoms with Gasteiger partial charge in [-0.1, -0.05) is 115 Å². The maximum Gasteiger partial charge on any atom is 0.138 e. The van der Waals surface area contributed by atoms with E-state index in [0.29, 0.717) is 23.2 Å². The molecule has 6 atom stereocenters. The molecule has 0 bridgehead atoms. The van der Waals surface area contributed by atoms with Gasteiger partial charge in [-0.3, -0.25) is 0 Å². The molecule has 6 heteroatoms. The van der Waals surface area contributed by atoms with Crippen LogP contribution in [0.2, 0.25) is 0 Å². The van der Waals surface area contributed by atoms with Crippen molar-refractivity contribution >= 4 is 50.6 Å². The van der Waals surface area contributed by atoms with E-state index >= 15 is 0 Å². The average Bonchev–Trinajstić information content (AvgIpc) is 3.12. The highest BCUT2D eigenvalue weighted by atomic mass is 31.2. The summed E-state index contributed by atoms with van der Waals surface area (Å²) in [6, 6.07) is 44.7. The molecule has 2 aliphatic carbocycles. The lowest BCUT2D eigenvalue weighted by Crippen LogP contribution is -2.50. The van der Waals surface area contributed by atoms with Crippen molar-refractivity contribution in [1.29, 1.82) is 0 Å². The van der Waals surface area contributed by atoms with E-state index in [4.69, 9.17) is 0 Å². The quantitative estimate of drug-likeness (QED) is 0.153. The molecule has 0 saturated heterocycles. The van der Waals surface area contributed by atoms with Gasteiger partial charge in [0.2, 0.25) is 0 Å². The summed E-state index contributed by atoms with van der Waals surface area (Å²) in [6.45, 7) is 13.7. The molecular formula is C44H64B2O2P2. The minimum absolute atomic E-state index is 0.0137. The summed E-state index contributed by atoms with van der Waals surface area (Å²) >= 11 is 0. The maximum atomic E-state index is 11.5. The summed E-state index contributed by atoms with van der Waals surface area (Å²) in [7, 11) is -2.87. The smallest absolute Gasteiger partial charge is 0.138 e. The summed E-state index contributed by atoms with van der Waals surface area (Å²) in [6.07, 6.45) is 6.62. The van der Waals surface area contributed by atoms with Crippen LogP contribution in [0.4, 0.5) is 0 Å². The van der Waals surface area contributed by atoms with Crippen LogP contribution in [0.25, 0.3) is 0 Å². The van der Waals surface area contributed by atoms with E-state index in [2.05, 4.69) is 163 Å². The Morgan fingerprint density at radius 2 is 0.740 bits per heavy atom. The lowest BCUT2D eigenvalue weighted by Gasteiger charge is -2.50. The Balaban J connectivity index is 0.000000194. The Labute approximate surface area is 307 Å². The Kier molecular flexibility index (Phi) is 12.6. The first-order chi connectivity index (χ1) is 23.7. The molecule has 2 nitrogen and oxygen atoms in total. The highest BCUT2D eigenvalue weighted by Gasteiger charge is 2.53. The van der Waals surface area contributed by atoms with Gasteiger partial charge in [-0.25, -0.2) is 0 Å². The molecule has 2 saturated carbocycles. The van der Waals surface area contributed by atoms with Gasteiger partial charge in [0, 0.05) is 0 Å². The van der Waals surface area contributed by atoms with Crippen LogP contribution in [0.15, 0.2) is 121 Å². The van der Waals surface area contributed by atoms with E-state index in [-0.39, 0.29) is 15.1 Å². The summed E-state index contributed by atoms with van der Waals surface area (Å²) in [5, 5.41) is 29.0. The number of aliphatic hydroxyl groups is 2. The van der Waals surface area contributed by atoms with Crippen LogP contribution in [-0.2, 0) is 0 Å². The zero-order valence-electron chi connectivity index (χ0n) is 30.0. The van der Waals surface area contributed by atoms with Gasteiger partial charge in [-0.15, -0.1) is 0 Å². The zero-order valence-corrected chi connectivity index (χ0v) is 31.8. The van der Waals surface area contributed by atoms with Gasteiger partial charge in [0.15, 0.2) is 0 Å². The minimum Gasteiger partial charge on any atom is -0.386 e. The molecule has 0 amide bonds. The average molecular weight is 709 g/mol. The molecule has 268 valence electrons. The maximum absolute atomic E-state index is 11.5. The van der Waals surface area contributed by atoms with E-state index in [1.165, 1.54) is 46.9 Å². The van der Waals surface area contributed by atoms with Gasteiger partial charge in [-0.05, 0) is 125 Å². The first-order valence-corrected chi connectivity index (χ1v) is 21.0. The number of rotatable bonds is 8. The molecule has 0 spiro atoms. The zero-order chi connectivity index (χ0) is 36.2. The van der Waals surface area contributed by atoms with Crippen LogP contribution >= 0.6 is 14.3 Å². The largest absolute Gasteiger partial charge is 0.386 e. The second-order valence-electron chi connectivity index (χ2n) is 15.4. The third kappa shape index (κ3) is 8.21. The highest BCUT2D eigenvalue weighted by Crippen LogP contribution is 2.65. The number of hydrogen-bond donors (Lipinski definition) is 2.